The molecule has 0 bridgehead atoms. The summed E-state index contributed by atoms with van der Waals surface area (Å²) in [5.74, 6) is -0.381. The summed E-state index contributed by atoms with van der Waals surface area (Å²) in [5, 5.41) is 2.42. The van der Waals surface area contributed by atoms with E-state index in [1.165, 1.54) is 39.5 Å². The Balaban J connectivity index is 1.69. The molecule has 0 spiro atoms. The molecule has 1 heterocycles. The number of aryl methyl sites for hydroxylation is 1. The Morgan fingerprint density at radius 3 is 2.33 bits per heavy atom. The quantitative estimate of drug-likeness (QED) is 0.192. The molecular weight excluding hydrogens is 639 g/mol. The van der Waals surface area contributed by atoms with Gasteiger partial charge in [-0.05, 0) is 58.9 Å². The van der Waals surface area contributed by atoms with E-state index in [9.17, 15) is 14.4 Å². The van der Waals surface area contributed by atoms with Gasteiger partial charge in [-0.25, -0.2) is 9.69 Å². The van der Waals surface area contributed by atoms with Gasteiger partial charge in [-0.1, -0.05) is 41.4 Å². The maximum Gasteiger partial charge on any atom is 0.336 e. The van der Waals surface area contributed by atoms with Crippen molar-refractivity contribution in [1.82, 2.24) is 5.32 Å². The molecule has 1 aliphatic heterocycles. The molecule has 0 unspecified atom stereocenters. The van der Waals surface area contributed by atoms with Crippen LogP contribution in [0.3, 0.4) is 0 Å². The van der Waals surface area contributed by atoms with Gasteiger partial charge < -0.3 is 18.9 Å². The Hall–Kier alpha value is -3.77. The highest BCUT2D eigenvalue weighted by molar-refractivity contribution is 14.1. The summed E-state index contributed by atoms with van der Waals surface area (Å²) in [6, 6.07) is 13.2. The monoisotopic (exact) mass is 662 g/mol. The minimum absolute atomic E-state index is 0.0618. The van der Waals surface area contributed by atoms with Crippen molar-refractivity contribution in [2.45, 2.75) is 13.5 Å². The van der Waals surface area contributed by atoms with Crippen LogP contribution < -0.4 is 29.2 Å². The van der Waals surface area contributed by atoms with Crippen LogP contribution in [0.15, 0.2) is 54.1 Å². The largest absolute Gasteiger partial charge is 0.495 e. The molecule has 0 saturated carbocycles. The van der Waals surface area contributed by atoms with Gasteiger partial charge in [0.2, 0.25) is 0 Å². The molecule has 0 aromatic heterocycles. The molecular formula is C28H24ClIN2O7. The number of carbonyl (C=O) groups excluding carboxylic acids is 3. The van der Waals surface area contributed by atoms with Crippen molar-refractivity contribution in [3.05, 3.63) is 79.4 Å². The number of anilines is 1. The lowest BCUT2D eigenvalue weighted by molar-refractivity contribution is -0.122. The van der Waals surface area contributed by atoms with E-state index in [2.05, 4.69) is 27.9 Å². The lowest BCUT2D eigenvalue weighted by Gasteiger charge is -2.28. The first-order valence-electron chi connectivity index (χ1n) is 11.6. The molecule has 1 N–H and O–H groups in total. The highest BCUT2D eigenvalue weighted by Gasteiger charge is 2.38. The van der Waals surface area contributed by atoms with Crippen LogP contribution in [0.4, 0.5) is 10.5 Å². The van der Waals surface area contributed by atoms with E-state index in [0.29, 0.717) is 27.2 Å². The number of amides is 4. The first-order valence-corrected chi connectivity index (χ1v) is 13.0. The van der Waals surface area contributed by atoms with Gasteiger partial charge in [-0.2, -0.15) is 0 Å². The number of methoxy groups -OCH3 is 3. The maximum absolute atomic E-state index is 13.5. The number of barbiturate groups is 1. The van der Waals surface area contributed by atoms with E-state index >= 15 is 0 Å². The van der Waals surface area contributed by atoms with Crippen molar-refractivity contribution in [3.63, 3.8) is 0 Å². The molecule has 4 rings (SSSR count). The minimum atomic E-state index is -0.933. The number of halogens is 2. The molecule has 0 aliphatic carbocycles. The third kappa shape index (κ3) is 5.96. The van der Waals surface area contributed by atoms with Crippen LogP contribution in [0, 0.1) is 10.5 Å². The highest BCUT2D eigenvalue weighted by Crippen LogP contribution is 2.40. The number of benzene rings is 3. The standard InChI is InChI=1S/C28H24ClIN2O7/c1-15-6-5-7-16(8-15)14-39-25-20(30)10-17(11-24(25)38-4)9-18-26(33)31-28(35)32(27(18)34)21-13-22(36-2)19(29)12-23(21)37-3/h5-13H,14H2,1-4H3,(H,31,33,35)/b18-9+. The second-order valence-electron chi connectivity index (χ2n) is 8.43. The van der Waals surface area contributed by atoms with Crippen LogP contribution in [-0.2, 0) is 16.2 Å². The lowest BCUT2D eigenvalue weighted by atomic mass is 10.1. The molecule has 202 valence electrons. The Morgan fingerprint density at radius 2 is 1.67 bits per heavy atom. The first-order chi connectivity index (χ1) is 18.7. The Morgan fingerprint density at radius 1 is 0.949 bits per heavy atom. The fraction of sp³-hybridized carbons (Fsp3) is 0.179. The van der Waals surface area contributed by atoms with E-state index in [4.69, 9.17) is 30.5 Å². The fourth-order valence-electron chi connectivity index (χ4n) is 3.98. The predicted octanol–water partition coefficient (Wildman–Crippen LogP) is 5.52. The second kappa shape index (κ2) is 12.0. The van der Waals surface area contributed by atoms with Gasteiger partial charge in [0.15, 0.2) is 11.5 Å². The summed E-state index contributed by atoms with van der Waals surface area (Å²) in [6.45, 7) is 2.34. The molecule has 0 radical (unpaired) electrons. The number of carbonyl (C=O) groups is 3. The van der Waals surface area contributed by atoms with Crippen LogP contribution in [-0.4, -0.2) is 39.2 Å². The number of hydrogen-bond donors (Lipinski definition) is 1. The van der Waals surface area contributed by atoms with Crippen LogP contribution in [0.5, 0.6) is 23.0 Å². The summed E-state index contributed by atoms with van der Waals surface area (Å²) in [5.41, 5.74) is 2.41. The normalized spacial score (nSPS) is 14.4. The van der Waals surface area contributed by atoms with Gasteiger partial charge in [0.25, 0.3) is 11.8 Å². The Bertz CT molecular complexity index is 1510. The SMILES string of the molecule is COc1cc(N2C(=O)NC(=O)/C(=C\c3cc(I)c(OCc4cccc(C)c4)c(OC)c3)C2=O)c(OC)cc1Cl. The number of nitrogens with zero attached hydrogens (tertiary/aromatic N) is 1. The molecule has 1 saturated heterocycles. The van der Waals surface area contributed by atoms with E-state index < -0.39 is 17.8 Å². The van der Waals surface area contributed by atoms with Crippen LogP contribution in [0.1, 0.15) is 16.7 Å². The second-order valence-corrected chi connectivity index (χ2v) is 10.00. The van der Waals surface area contributed by atoms with Gasteiger partial charge in [-0.15, -0.1) is 0 Å². The summed E-state index contributed by atoms with van der Waals surface area (Å²) < 4.78 is 22.8. The number of nitrogens with one attached hydrogen (secondary N) is 1. The van der Waals surface area contributed by atoms with Crippen LogP contribution in [0.25, 0.3) is 6.08 Å². The number of ether oxygens (including phenoxy) is 4. The molecule has 3 aromatic carbocycles. The zero-order chi connectivity index (χ0) is 28.3. The average molecular weight is 663 g/mol. The number of imide groups is 2. The Kier molecular flexibility index (Phi) is 8.66. The smallest absolute Gasteiger partial charge is 0.336 e. The molecule has 1 aliphatic rings. The zero-order valence-corrected chi connectivity index (χ0v) is 24.4. The molecule has 3 aromatic rings. The summed E-state index contributed by atoms with van der Waals surface area (Å²) >= 11 is 8.27. The van der Waals surface area contributed by atoms with E-state index in [-0.39, 0.29) is 27.8 Å². The van der Waals surface area contributed by atoms with E-state index in [0.717, 1.165) is 16.0 Å². The van der Waals surface area contributed by atoms with Crippen molar-refractivity contribution >= 4 is 63.8 Å². The minimum Gasteiger partial charge on any atom is -0.495 e. The molecule has 1 fully saturated rings. The lowest BCUT2D eigenvalue weighted by Crippen LogP contribution is -2.54. The van der Waals surface area contributed by atoms with Crippen LogP contribution >= 0.6 is 34.2 Å². The third-order valence-corrected chi connectivity index (χ3v) is 6.92. The van der Waals surface area contributed by atoms with Crippen LogP contribution in [0.2, 0.25) is 5.02 Å². The number of rotatable bonds is 8. The summed E-state index contributed by atoms with van der Waals surface area (Å²) in [7, 11) is 4.27. The molecule has 9 nitrogen and oxygen atoms in total. The summed E-state index contributed by atoms with van der Waals surface area (Å²) in [6.07, 6.45) is 1.38. The molecule has 0 atom stereocenters. The van der Waals surface area contributed by atoms with E-state index in [1.54, 1.807) is 12.1 Å². The van der Waals surface area contributed by atoms with Crippen molar-refractivity contribution in [1.29, 1.82) is 0 Å². The molecule has 39 heavy (non-hydrogen) atoms. The average Bonchev–Trinajstić information content (AvgIpc) is 2.90. The van der Waals surface area contributed by atoms with Crippen molar-refractivity contribution < 1.29 is 33.3 Å². The zero-order valence-electron chi connectivity index (χ0n) is 21.5. The topological polar surface area (TPSA) is 103 Å². The summed E-state index contributed by atoms with van der Waals surface area (Å²) in [4.78, 5) is 39.8. The Labute approximate surface area is 243 Å². The van der Waals surface area contributed by atoms with Gasteiger partial charge in [-0.3, -0.25) is 14.9 Å². The number of urea groups is 1. The van der Waals surface area contributed by atoms with Gasteiger partial charge in [0.1, 0.15) is 23.7 Å². The highest BCUT2D eigenvalue weighted by atomic mass is 127. The third-order valence-electron chi connectivity index (χ3n) is 5.82. The fourth-order valence-corrected chi connectivity index (χ4v) is 4.99. The van der Waals surface area contributed by atoms with E-state index in [1.807, 2.05) is 31.2 Å². The van der Waals surface area contributed by atoms with Gasteiger partial charge in [0.05, 0.1) is 35.6 Å². The maximum atomic E-state index is 13.5. The molecule has 4 amide bonds. The van der Waals surface area contributed by atoms with Crippen molar-refractivity contribution in [2.75, 3.05) is 26.2 Å². The van der Waals surface area contributed by atoms with Gasteiger partial charge in [0, 0.05) is 12.1 Å². The first kappa shape index (κ1) is 28.2. The van der Waals surface area contributed by atoms with Gasteiger partial charge >= 0.3 is 6.03 Å². The van der Waals surface area contributed by atoms with Crippen molar-refractivity contribution in [2.24, 2.45) is 0 Å². The van der Waals surface area contributed by atoms with Crippen molar-refractivity contribution in [3.8, 4) is 23.0 Å². The molecule has 11 heteroatoms. The predicted molar refractivity (Wildman–Crippen MR) is 155 cm³/mol. The number of hydrogen-bond acceptors (Lipinski definition) is 7.